The highest BCUT2D eigenvalue weighted by molar-refractivity contribution is 6.14. The zero-order chi connectivity index (χ0) is 24.8. The third-order valence-corrected chi connectivity index (χ3v) is 6.18. The van der Waals surface area contributed by atoms with Crippen molar-refractivity contribution >= 4 is 23.3 Å². The smallest absolute Gasteiger partial charge is 0.214 e. The van der Waals surface area contributed by atoms with E-state index in [0.717, 1.165) is 47.6 Å². The lowest BCUT2D eigenvalue weighted by Crippen LogP contribution is -2.44. The molecule has 2 aromatic rings. The van der Waals surface area contributed by atoms with Crippen molar-refractivity contribution in [2.24, 2.45) is 5.92 Å². The summed E-state index contributed by atoms with van der Waals surface area (Å²) in [6.45, 7) is 7.63. The Bertz CT molecular complexity index is 1090. The zero-order valence-corrected chi connectivity index (χ0v) is 20.9. The Morgan fingerprint density at radius 1 is 1.06 bits per heavy atom. The Morgan fingerprint density at radius 2 is 1.74 bits per heavy atom. The van der Waals surface area contributed by atoms with Crippen molar-refractivity contribution in [1.29, 1.82) is 0 Å². The second-order valence-corrected chi connectivity index (χ2v) is 8.04. The minimum absolute atomic E-state index is 0.106. The van der Waals surface area contributed by atoms with Gasteiger partial charge < -0.3 is 23.8 Å². The van der Waals surface area contributed by atoms with Crippen molar-refractivity contribution in [3.05, 3.63) is 47.0 Å². The zero-order valence-electron chi connectivity index (χ0n) is 20.9. The number of rotatable bonds is 6. The largest absolute Gasteiger partial charge is 0.496 e. The number of Topliss-reactive ketones (excluding diaryl/α,β-unsaturated/α-hetero) is 1. The minimum Gasteiger partial charge on any atom is -0.496 e. The highest BCUT2D eigenvalue weighted by Gasteiger charge is 2.29. The summed E-state index contributed by atoms with van der Waals surface area (Å²) in [6, 6.07) is 9.68. The van der Waals surface area contributed by atoms with Crippen molar-refractivity contribution in [1.82, 2.24) is 0 Å². The van der Waals surface area contributed by atoms with Crippen LogP contribution in [0.25, 0.3) is 6.08 Å². The van der Waals surface area contributed by atoms with Gasteiger partial charge in [0.1, 0.15) is 23.9 Å². The first-order valence-corrected chi connectivity index (χ1v) is 11.6. The molecule has 0 bridgehead atoms. The standard InChI is InChI=1S/C25H28N2O5.C2H6/c1-15(28)16-7-8-27(13-16)19-5-6-20-22(11-19)32-14-18(25(20)26)9-17-10-23(30-3)24(31-4)12-21(17)29-2;1-2/h5-6,9-12,16,26H,7-8,13-14H2,1-4H3;1-2H3/p+1/b18-9-,26-25?;. The number of anilines is 1. The number of benzene rings is 2. The van der Waals surface area contributed by atoms with Crippen LogP contribution in [0, 0.1) is 5.92 Å². The molecule has 2 aromatic carbocycles. The van der Waals surface area contributed by atoms with Crippen LogP contribution >= 0.6 is 0 Å². The summed E-state index contributed by atoms with van der Waals surface area (Å²) in [5.74, 6) is 2.96. The van der Waals surface area contributed by atoms with Crippen molar-refractivity contribution in [2.75, 3.05) is 45.9 Å². The van der Waals surface area contributed by atoms with Crippen LogP contribution in [-0.4, -0.2) is 52.5 Å². The van der Waals surface area contributed by atoms with Gasteiger partial charge >= 0.3 is 0 Å². The molecule has 2 heterocycles. The summed E-state index contributed by atoms with van der Waals surface area (Å²) in [5, 5.41) is 6.54. The van der Waals surface area contributed by atoms with E-state index in [1.807, 2.05) is 44.2 Å². The number of ether oxygens (including phenoxy) is 4. The molecule has 7 heteroatoms. The number of methoxy groups -OCH3 is 3. The van der Waals surface area contributed by atoms with Gasteiger partial charge in [0.25, 0.3) is 0 Å². The molecule has 0 aromatic heterocycles. The van der Waals surface area contributed by atoms with Gasteiger partial charge in [-0.05, 0) is 37.6 Å². The molecule has 0 radical (unpaired) electrons. The fourth-order valence-corrected chi connectivity index (χ4v) is 4.26. The second-order valence-electron chi connectivity index (χ2n) is 8.04. The summed E-state index contributed by atoms with van der Waals surface area (Å²) in [4.78, 5) is 13.9. The van der Waals surface area contributed by atoms with Crippen LogP contribution in [-0.2, 0) is 4.79 Å². The highest BCUT2D eigenvalue weighted by atomic mass is 16.5. The molecule has 0 aliphatic carbocycles. The molecule has 2 N–H and O–H groups in total. The van der Waals surface area contributed by atoms with E-state index >= 15 is 0 Å². The van der Waals surface area contributed by atoms with Crippen LogP contribution in [0.1, 0.15) is 38.3 Å². The Morgan fingerprint density at radius 3 is 2.35 bits per heavy atom. The van der Waals surface area contributed by atoms with Gasteiger partial charge in [-0.1, -0.05) is 13.8 Å². The lowest BCUT2D eigenvalue weighted by Gasteiger charge is -2.23. The predicted octanol–water partition coefficient (Wildman–Crippen LogP) is 3.18. The normalized spacial score (nSPS) is 17.9. The van der Waals surface area contributed by atoms with E-state index in [1.54, 1.807) is 34.3 Å². The molecule has 0 saturated carbocycles. The fourth-order valence-electron chi connectivity index (χ4n) is 4.26. The molecule has 4 rings (SSSR count). The maximum absolute atomic E-state index is 11.7. The molecular weight excluding hydrogens is 432 g/mol. The fraction of sp³-hybridized carbons (Fsp3) is 0.407. The van der Waals surface area contributed by atoms with E-state index in [1.165, 1.54) is 0 Å². The molecular formula is C27H35N2O5+. The first-order chi connectivity index (χ1) is 16.4. The quantitative estimate of drug-likeness (QED) is 0.703. The van der Waals surface area contributed by atoms with Gasteiger partial charge in [-0.3, -0.25) is 10.2 Å². The molecule has 0 spiro atoms. The Kier molecular flexibility index (Phi) is 8.21. The molecule has 2 aliphatic rings. The van der Waals surface area contributed by atoms with Crippen molar-refractivity contribution in [3.63, 3.8) is 0 Å². The van der Waals surface area contributed by atoms with Crippen LogP contribution in [0.5, 0.6) is 23.0 Å². The number of carbonyl (C=O) groups is 1. The predicted molar refractivity (Wildman–Crippen MR) is 134 cm³/mol. The number of ketones is 1. The average molecular weight is 468 g/mol. The molecule has 1 saturated heterocycles. The van der Waals surface area contributed by atoms with Gasteiger partial charge in [0, 0.05) is 42.4 Å². The third kappa shape index (κ3) is 5.03. The summed E-state index contributed by atoms with van der Waals surface area (Å²) in [6.07, 6.45) is 2.84. The van der Waals surface area contributed by atoms with Crippen molar-refractivity contribution < 1.29 is 29.2 Å². The van der Waals surface area contributed by atoms with Crippen LogP contribution < -0.4 is 29.3 Å². The summed E-state index contributed by atoms with van der Waals surface area (Å²) in [5.41, 5.74) is 4.24. The van der Waals surface area contributed by atoms with Gasteiger partial charge in [-0.15, -0.1) is 0 Å². The first-order valence-electron chi connectivity index (χ1n) is 11.6. The number of hydrogen-bond acceptors (Lipinski definition) is 6. The number of nitrogens with zero attached hydrogens (tertiary/aromatic N) is 1. The number of hydrogen-bond donors (Lipinski definition) is 1. The molecule has 1 atom stereocenters. The number of fused-ring (bicyclic) bond motifs is 1. The maximum atomic E-state index is 11.7. The molecule has 1 unspecified atom stereocenters. The van der Waals surface area contributed by atoms with E-state index < -0.39 is 0 Å². The van der Waals surface area contributed by atoms with E-state index in [9.17, 15) is 4.79 Å². The van der Waals surface area contributed by atoms with Gasteiger partial charge in [-0.25, -0.2) is 0 Å². The van der Waals surface area contributed by atoms with Crippen LogP contribution in [0.4, 0.5) is 5.69 Å². The number of carbonyl (C=O) groups excluding carboxylic acids is 1. The molecule has 182 valence electrons. The third-order valence-electron chi connectivity index (χ3n) is 6.18. The number of nitrogens with two attached hydrogens (primary N) is 1. The molecule has 34 heavy (non-hydrogen) atoms. The second kappa shape index (κ2) is 11.1. The van der Waals surface area contributed by atoms with E-state index in [-0.39, 0.29) is 11.7 Å². The van der Waals surface area contributed by atoms with Crippen LogP contribution in [0.2, 0.25) is 0 Å². The topological polar surface area (TPSA) is 82.8 Å². The summed E-state index contributed by atoms with van der Waals surface area (Å²) >= 11 is 0. The van der Waals surface area contributed by atoms with Gasteiger partial charge in [0.2, 0.25) is 5.71 Å². The van der Waals surface area contributed by atoms with E-state index in [2.05, 4.69) is 4.90 Å². The Balaban J connectivity index is 0.00000158. The van der Waals surface area contributed by atoms with Crippen molar-refractivity contribution in [2.45, 2.75) is 27.2 Å². The van der Waals surface area contributed by atoms with Gasteiger partial charge in [0.15, 0.2) is 11.5 Å². The summed E-state index contributed by atoms with van der Waals surface area (Å²) < 4.78 is 22.4. The molecule has 0 amide bonds. The van der Waals surface area contributed by atoms with Crippen LogP contribution in [0.15, 0.2) is 35.9 Å². The Labute approximate surface area is 201 Å². The SMILES string of the molecule is CC.COc1cc(OC)c(OC)cc1/C=C1/COc2cc(N3CCC(C(C)=O)C3)ccc2C1=[NH2+]. The Hall–Kier alpha value is -3.48. The van der Waals surface area contributed by atoms with E-state index in [4.69, 9.17) is 24.4 Å². The molecule has 7 nitrogen and oxygen atoms in total. The lowest BCUT2D eigenvalue weighted by molar-refractivity contribution is -0.120. The van der Waals surface area contributed by atoms with Gasteiger partial charge in [0.05, 0.1) is 32.5 Å². The van der Waals surface area contributed by atoms with Gasteiger partial charge in [-0.2, -0.15) is 0 Å². The average Bonchev–Trinajstić information content (AvgIpc) is 3.37. The minimum atomic E-state index is 0.106. The lowest BCUT2D eigenvalue weighted by atomic mass is 9.96. The van der Waals surface area contributed by atoms with Crippen LogP contribution in [0.3, 0.4) is 0 Å². The first kappa shape index (κ1) is 25.1. The summed E-state index contributed by atoms with van der Waals surface area (Å²) in [7, 11) is 4.79. The monoisotopic (exact) mass is 467 g/mol. The highest BCUT2D eigenvalue weighted by Crippen LogP contribution is 2.37. The van der Waals surface area contributed by atoms with E-state index in [0.29, 0.717) is 29.6 Å². The molecule has 2 aliphatic heterocycles. The molecule has 1 fully saturated rings. The maximum Gasteiger partial charge on any atom is 0.214 e. The van der Waals surface area contributed by atoms with Crippen molar-refractivity contribution in [3.8, 4) is 23.0 Å².